The second-order valence-corrected chi connectivity index (χ2v) is 7.56. The predicted molar refractivity (Wildman–Crippen MR) is 134 cm³/mol. The minimum atomic E-state index is 0. The third kappa shape index (κ3) is 7.16. The molecule has 0 aromatic heterocycles. The number of benzene rings is 2. The third-order valence-corrected chi connectivity index (χ3v) is 5.42. The summed E-state index contributed by atoms with van der Waals surface area (Å²) >= 11 is 6.20. The van der Waals surface area contributed by atoms with Crippen LogP contribution < -0.4 is 10.6 Å². The van der Waals surface area contributed by atoms with Gasteiger partial charge >= 0.3 is 0 Å². The zero-order valence-corrected chi connectivity index (χ0v) is 20.5. The predicted octanol–water partition coefficient (Wildman–Crippen LogP) is 4.38. The average molecular weight is 541 g/mol. The smallest absolute Gasteiger partial charge is 0.222 e. The number of nitrogens with one attached hydrogen (secondary N) is 2. The molecule has 2 aromatic rings. The number of amides is 1. The van der Waals surface area contributed by atoms with E-state index < -0.39 is 0 Å². The van der Waals surface area contributed by atoms with Crippen molar-refractivity contribution in [3.8, 4) is 0 Å². The lowest BCUT2D eigenvalue weighted by Gasteiger charge is -2.29. The van der Waals surface area contributed by atoms with Crippen molar-refractivity contribution in [2.24, 2.45) is 4.99 Å². The summed E-state index contributed by atoms with van der Waals surface area (Å²) in [4.78, 5) is 19.1. The van der Waals surface area contributed by atoms with E-state index in [1.807, 2.05) is 42.2 Å². The average Bonchev–Trinajstić information content (AvgIpc) is 2.75. The first kappa shape index (κ1) is 24.5. The molecule has 0 saturated carbocycles. The molecular formula is C23H30ClIN4O. The number of carbonyl (C=O) groups is 1. The van der Waals surface area contributed by atoms with E-state index in [-0.39, 0.29) is 29.9 Å². The van der Waals surface area contributed by atoms with E-state index in [4.69, 9.17) is 11.6 Å². The summed E-state index contributed by atoms with van der Waals surface area (Å²) in [5, 5.41) is 7.27. The van der Waals surface area contributed by atoms with E-state index in [2.05, 4.69) is 33.8 Å². The Hall–Kier alpha value is -1.80. The van der Waals surface area contributed by atoms with Crippen LogP contribution in [0.15, 0.2) is 53.5 Å². The molecule has 1 aliphatic rings. The van der Waals surface area contributed by atoms with Crippen LogP contribution in [0.5, 0.6) is 0 Å². The van der Waals surface area contributed by atoms with Crippen molar-refractivity contribution in [3.63, 3.8) is 0 Å². The molecule has 0 spiro atoms. The van der Waals surface area contributed by atoms with E-state index in [1.165, 1.54) is 11.1 Å². The van der Waals surface area contributed by atoms with E-state index in [9.17, 15) is 4.79 Å². The highest BCUT2D eigenvalue weighted by Gasteiger charge is 2.19. The van der Waals surface area contributed by atoms with Gasteiger partial charge in [0.05, 0.1) is 6.54 Å². The van der Waals surface area contributed by atoms with Gasteiger partial charge in [-0.1, -0.05) is 54.1 Å². The fraction of sp³-hybridized carbons (Fsp3) is 0.391. The van der Waals surface area contributed by atoms with Crippen LogP contribution in [0.2, 0.25) is 5.02 Å². The van der Waals surface area contributed by atoms with Crippen molar-refractivity contribution in [2.45, 2.75) is 39.3 Å². The number of carbonyl (C=O) groups excluding carboxylic acids is 1. The number of aliphatic imine (C=N–C) groups is 1. The number of hydrogen-bond donors (Lipinski definition) is 2. The Labute approximate surface area is 201 Å². The summed E-state index contributed by atoms with van der Waals surface area (Å²) in [6.07, 6.45) is 2.26. The molecule has 0 unspecified atom stereocenters. The molecule has 2 aromatic carbocycles. The van der Waals surface area contributed by atoms with Crippen molar-refractivity contribution in [1.82, 2.24) is 15.5 Å². The van der Waals surface area contributed by atoms with E-state index in [0.29, 0.717) is 19.5 Å². The van der Waals surface area contributed by atoms with Crippen molar-refractivity contribution in [3.05, 3.63) is 70.2 Å². The fourth-order valence-electron chi connectivity index (χ4n) is 3.45. The number of halogens is 2. The van der Waals surface area contributed by atoms with Gasteiger partial charge in [0.2, 0.25) is 5.91 Å². The highest BCUT2D eigenvalue weighted by Crippen LogP contribution is 2.19. The standard InChI is InChI=1S/C23H29ClN4O.HI/c1-2-25-23(27-16-19-9-5-6-11-21(19)24)26-14-7-12-22(29)28-15-13-18-8-3-4-10-20(18)17-28;/h3-6,8-11H,2,7,12-17H2,1H3,(H2,25,26,27);1H. The summed E-state index contributed by atoms with van der Waals surface area (Å²) in [6, 6.07) is 16.1. The lowest BCUT2D eigenvalue weighted by Crippen LogP contribution is -2.39. The maximum atomic E-state index is 12.6. The van der Waals surface area contributed by atoms with Gasteiger partial charge in [-0.15, -0.1) is 24.0 Å². The molecule has 0 atom stereocenters. The van der Waals surface area contributed by atoms with Gasteiger partial charge in [-0.05, 0) is 42.5 Å². The lowest BCUT2D eigenvalue weighted by molar-refractivity contribution is -0.132. The number of fused-ring (bicyclic) bond motifs is 1. The molecule has 3 rings (SSSR count). The second-order valence-electron chi connectivity index (χ2n) is 7.15. The minimum absolute atomic E-state index is 0. The number of hydrogen-bond acceptors (Lipinski definition) is 2. The van der Waals surface area contributed by atoms with Crippen molar-refractivity contribution >= 4 is 47.4 Å². The first-order chi connectivity index (χ1) is 14.2. The zero-order chi connectivity index (χ0) is 20.5. The molecule has 0 aliphatic carbocycles. The largest absolute Gasteiger partial charge is 0.357 e. The normalized spacial score (nSPS) is 13.3. The first-order valence-electron chi connectivity index (χ1n) is 10.3. The van der Waals surface area contributed by atoms with Crippen LogP contribution in [0.25, 0.3) is 0 Å². The monoisotopic (exact) mass is 540 g/mol. The Morgan fingerprint density at radius 1 is 1.10 bits per heavy atom. The van der Waals surface area contributed by atoms with Gasteiger partial charge in [0, 0.05) is 37.6 Å². The number of guanidine groups is 1. The van der Waals surface area contributed by atoms with Crippen molar-refractivity contribution in [2.75, 3.05) is 19.6 Å². The third-order valence-electron chi connectivity index (χ3n) is 5.05. The summed E-state index contributed by atoms with van der Waals surface area (Å²) < 4.78 is 0. The quantitative estimate of drug-likeness (QED) is 0.237. The SMILES string of the molecule is CCNC(=NCc1ccccc1Cl)NCCCC(=O)N1CCc2ccccc2C1.I. The minimum Gasteiger partial charge on any atom is -0.357 e. The van der Waals surface area contributed by atoms with Crippen LogP contribution in [-0.2, 0) is 24.3 Å². The van der Waals surface area contributed by atoms with Crippen LogP contribution >= 0.6 is 35.6 Å². The maximum Gasteiger partial charge on any atom is 0.222 e. The molecule has 162 valence electrons. The molecule has 5 nitrogen and oxygen atoms in total. The highest BCUT2D eigenvalue weighted by atomic mass is 127. The van der Waals surface area contributed by atoms with Gasteiger partial charge in [0.1, 0.15) is 0 Å². The van der Waals surface area contributed by atoms with Crippen LogP contribution in [0.4, 0.5) is 0 Å². The molecule has 0 radical (unpaired) electrons. The van der Waals surface area contributed by atoms with Crippen LogP contribution in [0, 0.1) is 0 Å². The Morgan fingerprint density at radius 2 is 1.83 bits per heavy atom. The number of nitrogens with zero attached hydrogens (tertiary/aromatic N) is 2. The van der Waals surface area contributed by atoms with Gasteiger partial charge in [-0.2, -0.15) is 0 Å². The topological polar surface area (TPSA) is 56.7 Å². The molecule has 7 heteroatoms. The molecule has 0 saturated heterocycles. The Kier molecular flexibility index (Phi) is 10.4. The van der Waals surface area contributed by atoms with E-state index >= 15 is 0 Å². The summed E-state index contributed by atoms with van der Waals surface area (Å²) in [7, 11) is 0. The van der Waals surface area contributed by atoms with Crippen molar-refractivity contribution < 1.29 is 4.79 Å². The highest BCUT2D eigenvalue weighted by molar-refractivity contribution is 14.0. The molecule has 1 amide bonds. The summed E-state index contributed by atoms with van der Waals surface area (Å²) in [6.45, 7) is 5.56. The maximum absolute atomic E-state index is 12.6. The first-order valence-corrected chi connectivity index (χ1v) is 10.7. The Morgan fingerprint density at radius 3 is 2.60 bits per heavy atom. The summed E-state index contributed by atoms with van der Waals surface area (Å²) in [5.41, 5.74) is 3.63. The van der Waals surface area contributed by atoms with Gasteiger partial charge < -0.3 is 15.5 Å². The molecule has 30 heavy (non-hydrogen) atoms. The van der Waals surface area contributed by atoms with Crippen LogP contribution in [0.3, 0.4) is 0 Å². The molecule has 0 fully saturated rings. The lowest BCUT2D eigenvalue weighted by atomic mass is 9.99. The van der Waals surface area contributed by atoms with Gasteiger partial charge in [0.15, 0.2) is 5.96 Å². The van der Waals surface area contributed by atoms with E-state index in [0.717, 1.165) is 49.0 Å². The molecular weight excluding hydrogens is 511 g/mol. The van der Waals surface area contributed by atoms with Crippen LogP contribution in [0.1, 0.15) is 36.5 Å². The zero-order valence-electron chi connectivity index (χ0n) is 17.4. The van der Waals surface area contributed by atoms with Gasteiger partial charge in [-0.25, -0.2) is 4.99 Å². The van der Waals surface area contributed by atoms with Gasteiger partial charge in [0.25, 0.3) is 0 Å². The van der Waals surface area contributed by atoms with Crippen LogP contribution in [-0.4, -0.2) is 36.4 Å². The molecule has 2 N–H and O–H groups in total. The summed E-state index contributed by atoms with van der Waals surface area (Å²) in [5.74, 6) is 0.964. The molecule has 1 aliphatic heterocycles. The molecule has 0 bridgehead atoms. The van der Waals surface area contributed by atoms with Gasteiger partial charge in [-0.3, -0.25) is 4.79 Å². The second kappa shape index (κ2) is 12.8. The molecule has 1 heterocycles. The van der Waals surface area contributed by atoms with Crippen molar-refractivity contribution in [1.29, 1.82) is 0 Å². The fourth-order valence-corrected chi connectivity index (χ4v) is 3.64. The Balaban J connectivity index is 0.00000320. The number of rotatable bonds is 7. The Bertz CT molecular complexity index is 859. The van der Waals surface area contributed by atoms with E-state index in [1.54, 1.807) is 0 Å².